The van der Waals surface area contributed by atoms with Crippen LogP contribution in [0.15, 0.2) is 24.3 Å². The molecule has 0 aliphatic heterocycles. The maximum atomic E-state index is 12.7. The number of hydrogen-bond donors (Lipinski definition) is 1. The Bertz CT molecular complexity index is 350. The van der Waals surface area contributed by atoms with Crippen molar-refractivity contribution in [2.24, 2.45) is 11.7 Å². The Morgan fingerprint density at radius 3 is 2.18 bits per heavy atom. The molecule has 0 aliphatic carbocycles. The van der Waals surface area contributed by atoms with Crippen LogP contribution in [0.5, 0.6) is 0 Å². The van der Waals surface area contributed by atoms with E-state index in [1.807, 2.05) is 13.8 Å². The van der Waals surface area contributed by atoms with Crippen LogP contribution in [0.2, 0.25) is 0 Å². The lowest BCUT2D eigenvalue weighted by Gasteiger charge is -2.19. The molecule has 98 valence electrons. The lowest BCUT2D eigenvalue weighted by molar-refractivity contribution is -0.138. The Morgan fingerprint density at radius 2 is 1.71 bits per heavy atom. The van der Waals surface area contributed by atoms with Gasteiger partial charge in [-0.15, -0.1) is 12.4 Å². The van der Waals surface area contributed by atoms with Crippen LogP contribution in [0, 0.1) is 5.92 Å². The lowest BCUT2D eigenvalue weighted by atomic mass is 9.94. The van der Waals surface area contributed by atoms with Crippen molar-refractivity contribution in [1.29, 1.82) is 0 Å². The van der Waals surface area contributed by atoms with Crippen molar-refractivity contribution in [3.63, 3.8) is 0 Å². The summed E-state index contributed by atoms with van der Waals surface area (Å²) in [7, 11) is 0. The highest BCUT2D eigenvalue weighted by atomic mass is 35.5. The summed E-state index contributed by atoms with van der Waals surface area (Å²) in [5.41, 5.74) is 5.36. The summed E-state index contributed by atoms with van der Waals surface area (Å²) in [6.45, 7) is 3.88. The predicted molar refractivity (Wildman–Crippen MR) is 65.1 cm³/mol. The molecule has 0 spiro atoms. The molecule has 2 N–H and O–H groups in total. The molecule has 0 saturated carbocycles. The molecule has 0 heterocycles. The molecule has 17 heavy (non-hydrogen) atoms. The maximum Gasteiger partial charge on any atom is 0.416 e. The zero-order valence-electron chi connectivity index (χ0n) is 9.79. The zero-order chi connectivity index (χ0) is 12.3. The van der Waals surface area contributed by atoms with E-state index in [1.165, 1.54) is 12.1 Å². The van der Waals surface area contributed by atoms with Gasteiger partial charge in [0.05, 0.1) is 5.56 Å². The molecule has 0 aromatic heterocycles. The topological polar surface area (TPSA) is 26.0 Å². The first kappa shape index (κ1) is 16.3. The lowest BCUT2D eigenvalue weighted by Crippen LogP contribution is -2.18. The van der Waals surface area contributed by atoms with Gasteiger partial charge in [0.1, 0.15) is 0 Å². The molecule has 0 unspecified atom stereocenters. The van der Waals surface area contributed by atoms with Crippen LogP contribution in [0.25, 0.3) is 0 Å². The van der Waals surface area contributed by atoms with Crippen molar-refractivity contribution in [3.05, 3.63) is 35.4 Å². The molecule has 1 rings (SSSR count). The van der Waals surface area contributed by atoms with Gasteiger partial charge in [0, 0.05) is 6.04 Å². The van der Waals surface area contributed by atoms with Gasteiger partial charge in [-0.2, -0.15) is 13.2 Å². The standard InChI is InChI=1S/C12H16F3N.ClH/c1-8(2)7-11(16)9-5-3-4-6-10(9)12(13,14)15;/h3-6,8,11H,7,16H2,1-2H3;1H/t11-;/m1./s1. The third kappa shape index (κ3) is 4.56. The minimum Gasteiger partial charge on any atom is -0.324 e. The highest BCUT2D eigenvalue weighted by Gasteiger charge is 2.34. The SMILES string of the molecule is CC(C)C[C@@H](N)c1ccccc1C(F)(F)F.Cl. The van der Waals surface area contributed by atoms with E-state index < -0.39 is 17.8 Å². The van der Waals surface area contributed by atoms with Crippen molar-refractivity contribution in [1.82, 2.24) is 0 Å². The van der Waals surface area contributed by atoms with Crippen molar-refractivity contribution in [3.8, 4) is 0 Å². The fourth-order valence-corrected chi connectivity index (χ4v) is 1.71. The first-order valence-electron chi connectivity index (χ1n) is 5.24. The van der Waals surface area contributed by atoms with Crippen LogP contribution in [0.4, 0.5) is 13.2 Å². The van der Waals surface area contributed by atoms with E-state index in [4.69, 9.17) is 5.73 Å². The van der Waals surface area contributed by atoms with Gasteiger partial charge in [0.25, 0.3) is 0 Å². The second-order valence-corrected chi connectivity index (χ2v) is 4.32. The predicted octanol–water partition coefficient (Wildman–Crippen LogP) is 4.17. The van der Waals surface area contributed by atoms with Crippen LogP contribution < -0.4 is 5.73 Å². The van der Waals surface area contributed by atoms with Gasteiger partial charge in [-0.25, -0.2) is 0 Å². The van der Waals surface area contributed by atoms with Crippen molar-refractivity contribution in [2.75, 3.05) is 0 Å². The first-order chi connectivity index (χ1) is 7.32. The van der Waals surface area contributed by atoms with Gasteiger partial charge in [0.15, 0.2) is 0 Å². The fourth-order valence-electron chi connectivity index (χ4n) is 1.71. The van der Waals surface area contributed by atoms with Crippen LogP contribution in [-0.2, 0) is 6.18 Å². The largest absolute Gasteiger partial charge is 0.416 e. The van der Waals surface area contributed by atoms with Gasteiger partial charge in [0.2, 0.25) is 0 Å². The Hall–Kier alpha value is -0.740. The average molecular weight is 268 g/mol. The average Bonchev–Trinajstić information content (AvgIpc) is 2.15. The zero-order valence-corrected chi connectivity index (χ0v) is 10.6. The second-order valence-electron chi connectivity index (χ2n) is 4.32. The molecular formula is C12H17ClF3N. The number of halogens is 4. The van der Waals surface area contributed by atoms with Crippen molar-refractivity contribution < 1.29 is 13.2 Å². The van der Waals surface area contributed by atoms with E-state index >= 15 is 0 Å². The summed E-state index contributed by atoms with van der Waals surface area (Å²) in [4.78, 5) is 0. The summed E-state index contributed by atoms with van der Waals surface area (Å²) in [5.74, 6) is 0.274. The van der Waals surface area contributed by atoms with E-state index in [0.29, 0.717) is 6.42 Å². The van der Waals surface area contributed by atoms with Crippen LogP contribution in [0.1, 0.15) is 37.4 Å². The summed E-state index contributed by atoms with van der Waals surface area (Å²) < 4.78 is 38.1. The van der Waals surface area contributed by atoms with Crippen LogP contribution >= 0.6 is 12.4 Å². The molecular weight excluding hydrogens is 251 g/mol. The second kappa shape index (κ2) is 6.26. The first-order valence-corrected chi connectivity index (χ1v) is 5.24. The van der Waals surface area contributed by atoms with E-state index in [0.717, 1.165) is 6.07 Å². The van der Waals surface area contributed by atoms with Crippen LogP contribution in [-0.4, -0.2) is 0 Å². The molecule has 0 radical (unpaired) electrons. The maximum absolute atomic E-state index is 12.7. The molecule has 1 aromatic carbocycles. The van der Waals surface area contributed by atoms with Crippen LogP contribution in [0.3, 0.4) is 0 Å². The van der Waals surface area contributed by atoms with Crippen molar-refractivity contribution >= 4 is 12.4 Å². The Labute approximate surface area is 106 Å². The Morgan fingerprint density at radius 1 is 1.18 bits per heavy atom. The summed E-state index contributed by atoms with van der Waals surface area (Å²) in [6.07, 6.45) is -3.78. The molecule has 1 aromatic rings. The van der Waals surface area contributed by atoms with Gasteiger partial charge < -0.3 is 5.73 Å². The Kier molecular flexibility index (Phi) is 5.99. The monoisotopic (exact) mass is 267 g/mol. The number of rotatable bonds is 3. The molecule has 0 amide bonds. The summed E-state index contributed by atoms with van der Waals surface area (Å²) in [6, 6.07) is 4.95. The van der Waals surface area contributed by atoms with E-state index in [1.54, 1.807) is 6.07 Å². The summed E-state index contributed by atoms with van der Waals surface area (Å²) in [5, 5.41) is 0. The quantitative estimate of drug-likeness (QED) is 0.874. The summed E-state index contributed by atoms with van der Waals surface area (Å²) >= 11 is 0. The number of benzene rings is 1. The minimum absolute atomic E-state index is 0. The molecule has 1 atom stereocenters. The molecule has 0 fully saturated rings. The van der Waals surface area contributed by atoms with Gasteiger partial charge in [-0.05, 0) is 24.0 Å². The molecule has 0 aliphatic rings. The van der Waals surface area contributed by atoms with E-state index in [2.05, 4.69) is 0 Å². The van der Waals surface area contributed by atoms with Crippen molar-refractivity contribution in [2.45, 2.75) is 32.5 Å². The van der Waals surface area contributed by atoms with Gasteiger partial charge >= 0.3 is 6.18 Å². The van der Waals surface area contributed by atoms with Gasteiger partial charge in [-0.3, -0.25) is 0 Å². The molecule has 1 nitrogen and oxygen atoms in total. The van der Waals surface area contributed by atoms with E-state index in [9.17, 15) is 13.2 Å². The normalized spacial score (nSPS) is 13.4. The smallest absolute Gasteiger partial charge is 0.324 e. The number of hydrogen-bond acceptors (Lipinski definition) is 1. The third-order valence-electron chi connectivity index (χ3n) is 2.39. The fraction of sp³-hybridized carbons (Fsp3) is 0.500. The molecule has 5 heteroatoms. The highest BCUT2D eigenvalue weighted by molar-refractivity contribution is 5.85. The number of alkyl halides is 3. The Balaban J connectivity index is 0.00000256. The number of nitrogens with two attached hydrogens (primary N) is 1. The third-order valence-corrected chi connectivity index (χ3v) is 2.39. The highest BCUT2D eigenvalue weighted by Crippen LogP contribution is 2.35. The molecule has 0 saturated heterocycles. The van der Waals surface area contributed by atoms with E-state index in [-0.39, 0.29) is 23.9 Å². The minimum atomic E-state index is -4.33. The van der Waals surface area contributed by atoms with Gasteiger partial charge in [-0.1, -0.05) is 32.0 Å². The molecule has 0 bridgehead atoms.